The number of rotatable bonds is 2. The lowest BCUT2D eigenvalue weighted by Crippen LogP contribution is -2.39. The summed E-state index contributed by atoms with van der Waals surface area (Å²) < 4.78 is 0. The summed E-state index contributed by atoms with van der Waals surface area (Å²) >= 11 is 0. The highest BCUT2D eigenvalue weighted by molar-refractivity contribution is 6.00. The van der Waals surface area contributed by atoms with Gasteiger partial charge in [-0.25, -0.2) is 0 Å². The van der Waals surface area contributed by atoms with Crippen molar-refractivity contribution in [1.82, 2.24) is 4.90 Å². The van der Waals surface area contributed by atoms with Gasteiger partial charge in [0.05, 0.1) is 6.17 Å². The first-order valence-electron chi connectivity index (χ1n) is 8.55. The molecule has 2 aliphatic rings. The van der Waals surface area contributed by atoms with Gasteiger partial charge in [-0.1, -0.05) is 55.0 Å². The molecule has 0 aliphatic carbocycles. The average Bonchev–Trinajstić information content (AvgIpc) is 2.74. The van der Waals surface area contributed by atoms with E-state index >= 15 is 0 Å². The summed E-state index contributed by atoms with van der Waals surface area (Å²) in [5.41, 5.74) is 2.13. The van der Waals surface area contributed by atoms with Crippen LogP contribution >= 0.6 is 0 Å². The molecule has 0 spiro atoms. The molecule has 0 saturated carbocycles. The van der Waals surface area contributed by atoms with E-state index in [1.165, 1.54) is 19.3 Å². The Balaban J connectivity index is 1.77. The normalized spacial score (nSPS) is 25.2. The van der Waals surface area contributed by atoms with Crippen molar-refractivity contribution in [2.24, 2.45) is 0 Å². The number of anilines is 1. The van der Waals surface area contributed by atoms with E-state index in [4.69, 9.17) is 0 Å². The van der Waals surface area contributed by atoms with Crippen LogP contribution < -0.4 is 4.90 Å². The van der Waals surface area contributed by atoms with Crippen molar-refractivity contribution in [2.45, 2.75) is 37.9 Å². The van der Waals surface area contributed by atoms with Crippen molar-refractivity contribution in [3.05, 3.63) is 66.2 Å². The van der Waals surface area contributed by atoms with E-state index in [1.54, 1.807) is 0 Å². The molecule has 0 radical (unpaired) electrons. The van der Waals surface area contributed by atoms with Crippen LogP contribution in [0.2, 0.25) is 0 Å². The van der Waals surface area contributed by atoms with E-state index in [0.29, 0.717) is 0 Å². The Kier molecular flexibility index (Phi) is 3.88. The van der Waals surface area contributed by atoms with Gasteiger partial charge < -0.3 is 0 Å². The number of amides is 1. The third-order valence-corrected chi connectivity index (χ3v) is 5.01. The molecule has 118 valence electrons. The fourth-order valence-electron chi connectivity index (χ4n) is 3.97. The predicted octanol–water partition coefficient (Wildman–Crippen LogP) is 3.98. The fourth-order valence-corrected chi connectivity index (χ4v) is 3.97. The summed E-state index contributed by atoms with van der Waals surface area (Å²) in [6.45, 7) is 0.999. The molecule has 0 bridgehead atoms. The second kappa shape index (κ2) is 6.17. The summed E-state index contributed by atoms with van der Waals surface area (Å²) in [5.74, 6) is 0.217. The van der Waals surface area contributed by atoms with Gasteiger partial charge in [0.2, 0.25) is 5.91 Å². The van der Waals surface area contributed by atoms with Crippen molar-refractivity contribution >= 4 is 11.6 Å². The third-order valence-electron chi connectivity index (χ3n) is 5.01. The number of hydrogen-bond acceptors (Lipinski definition) is 2. The molecule has 3 heteroatoms. The lowest BCUT2D eigenvalue weighted by Gasteiger charge is -2.29. The number of para-hydroxylation sites is 1. The molecular weight excluding hydrogens is 284 g/mol. The van der Waals surface area contributed by atoms with Crippen LogP contribution in [-0.2, 0) is 4.79 Å². The van der Waals surface area contributed by atoms with E-state index in [-0.39, 0.29) is 18.1 Å². The van der Waals surface area contributed by atoms with Gasteiger partial charge in [0, 0.05) is 12.2 Å². The zero-order chi connectivity index (χ0) is 15.6. The van der Waals surface area contributed by atoms with Crippen LogP contribution in [-0.4, -0.2) is 23.5 Å². The second-order valence-electron chi connectivity index (χ2n) is 6.42. The van der Waals surface area contributed by atoms with E-state index < -0.39 is 0 Å². The van der Waals surface area contributed by atoms with Gasteiger partial charge in [0.1, 0.15) is 6.04 Å². The number of fused-ring (bicyclic) bond motifs is 1. The van der Waals surface area contributed by atoms with Crippen LogP contribution in [0.4, 0.5) is 5.69 Å². The largest absolute Gasteiger partial charge is 0.294 e. The van der Waals surface area contributed by atoms with Crippen LogP contribution in [0.3, 0.4) is 0 Å². The summed E-state index contributed by atoms with van der Waals surface area (Å²) in [4.78, 5) is 17.7. The average molecular weight is 306 g/mol. The molecule has 23 heavy (non-hydrogen) atoms. The van der Waals surface area contributed by atoms with E-state index in [1.807, 2.05) is 53.4 Å². The summed E-state index contributed by atoms with van der Waals surface area (Å²) in [5, 5.41) is 0. The minimum Gasteiger partial charge on any atom is -0.294 e. The van der Waals surface area contributed by atoms with Crippen molar-refractivity contribution in [2.75, 3.05) is 11.4 Å². The Morgan fingerprint density at radius 2 is 1.52 bits per heavy atom. The molecule has 3 nitrogen and oxygen atoms in total. The van der Waals surface area contributed by atoms with E-state index in [0.717, 1.165) is 24.2 Å². The molecule has 2 atom stereocenters. The molecule has 0 unspecified atom stereocenters. The SMILES string of the molecule is O=C1[C@H](c2ccccc2)N2CCCCC[C@H]2N1c1ccccc1. The third kappa shape index (κ3) is 2.55. The maximum absolute atomic E-state index is 13.3. The maximum Gasteiger partial charge on any atom is 0.250 e. The van der Waals surface area contributed by atoms with Crippen LogP contribution in [0.1, 0.15) is 37.3 Å². The van der Waals surface area contributed by atoms with Gasteiger partial charge in [0.15, 0.2) is 0 Å². The van der Waals surface area contributed by atoms with Gasteiger partial charge in [-0.15, -0.1) is 0 Å². The standard InChI is InChI=1S/C20H22N2O/c23-20-19(16-10-4-1-5-11-16)21-15-9-3-8-14-18(21)22(20)17-12-6-2-7-13-17/h1-2,4-7,10-13,18-19H,3,8-9,14-15H2/t18-,19+/m1/s1. The van der Waals surface area contributed by atoms with Gasteiger partial charge >= 0.3 is 0 Å². The number of carbonyl (C=O) groups excluding carboxylic acids is 1. The molecule has 4 rings (SSSR count). The first-order chi connectivity index (χ1) is 11.4. The smallest absolute Gasteiger partial charge is 0.250 e. The van der Waals surface area contributed by atoms with Crippen molar-refractivity contribution in [1.29, 1.82) is 0 Å². The minimum absolute atomic E-state index is 0.139. The van der Waals surface area contributed by atoms with E-state index in [9.17, 15) is 4.79 Å². The zero-order valence-electron chi connectivity index (χ0n) is 13.3. The lowest BCUT2D eigenvalue weighted by atomic mass is 10.1. The molecule has 2 saturated heterocycles. The highest BCUT2D eigenvalue weighted by atomic mass is 16.2. The molecule has 2 heterocycles. The van der Waals surface area contributed by atoms with Crippen molar-refractivity contribution < 1.29 is 4.79 Å². The Hall–Kier alpha value is -2.13. The summed E-state index contributed by atoms with van der Waals surface area (Å²) in [7, 11) is 0. The predicted molar refractivity (Wildman–Crippen MR) is 92.1 cm³/mol. The quantitative estimate of drug-likeness (QED) is 0.838. The van der Waals surface area contributed by atoms with Crippen LogP contribution in [0.25, 0.3) is 0 Å². The van der Waals surface area contributed by atoms with Crippen LogP contribution in [0, 0.1) is 0 Å². The second-order valence-corrected chi connectivity index (χ2v) is 6.42. The molecular formula is C20H22N2O. The maximum atomic E-state index is 13.3. The highest BCUT2D eigenvalue weighted by Crippen LogP contribution is 2.40. The van der Waals surface area contributed by atoms with Crippen molar-refractivity contribution in [3.63, 3.8) is 0 Å². The fraction of sp³-hybridized carbons (Fsp3) is 0.350. The molecule has 1 amide bonds. The number of benzene rings is 2. The number of nitrogens with zero attached hydrogens (tertiary/aromatic N) is 2. The summed E-state index contributed by atoms with van der Waals surface area (Å²) in [6, 6.07) is 20.2. The monoisotopic (exact) mass is 306 g/mol. The van der Waals surface area contributed by atoms with Crippen molar-refractivity contribution in [3.8, 4) is 0 Å². The minimum atomic E-state index is -0.139. The van der Waals surface area contributed by atoms with E-state index in [2.05, 4.69) is 17.0 Å². The van der Waals surface area contributed by atoms with Gasteiger partial charge in [-0.3, -0.25) is 14.6 Å². The van der Waals surface area contributed by atoms with Crippen LogP contribution in [0.15, 0.2) is 60.7 Å². The molecule has 2 aromatic carbocycles. The lowest BCUT2D eigenvalue weighted by molar-refractivity contribution is -0.119. The highest BCUT2D eigenvalue weighted by Gasteiger charge is 2.47. The first-order valence-corrected chi connectivity index (χ1v) is 8.55. The molecule has 0 N–H and O–H groups in total. The Labute approximate surface area is 137 Å². The summed E-state index contributed by atoms with van der Waals surface area (Å²) in [6.07, 6.45) is 4.88. The molecule has 2 aliphatic heterocycles. The topological polar surface area (TPSA) is 23.6 Å². The molecule has 2 fully saturated rings. The Morgan fingerprint density at radius 3 is 2.26 bits per heavy atom. The number of carbonyl (C=O) groups is 1. The first kappa shape index (κ1) is 14.5. The van der Waals surface area contributed by atoms with Crippen LogP contribution in [0.5, 0.6) is 0 Å². The number of hydrogen-bond donors (Lipinski definition) is 0. The zero-order valence-corrected chi connectivity index (χ0v) is 13.3. The van der Waals surface area contributed by atoms with Gasteiger partial charge in [0.25, 0.3) is 0 Å². The Morgan fingerprint density at radius 1 is 0.826 bits per heavy atom. The van der Waals surface area contributed by atoms with Gasteiger partial charge in [-0.05, 0) is 37.0 Å². The Bertz CT molecular complexity index is 613. The molecule has 2 aromatic rings. The molecule has 0 aromatic heterocycles. The van der Waals surface area contributed by atoms with Gasteiger partial charge in [-0.2, -0.15) is 0 Å².